The van der Waals surface area contributed by atoms with Crippen LogP contribution in [0, 0.1) is 5.82 Å². The lowest BCUT2D eigenvalue weighted by atomic mass is 10.2. The number of ether oxygens (including phenoxy) is 1. The lowest BCUT2D eigenvalue weighted by Crippen LogP contribution is -2.30. The van der Waals surface area contributed by atoms with Gasteiger partial charge in [0.1, 0.15) is 0 Å². The Hall–Kier alpha value is -0.800. The lowest BCUT2D eigenvalue weighted by molar-refractivity contribution is 0.262. The molecule has 0 aromatic heterocycles. The number of methoxy groups -OCH3 is 1. The highest BCUT2D eigenvalue weighted by Crippen LogP contribution is 2.23. The zero-order valence-electron chi connectivity index (χ0n) is 9.96. The smallest absolute Gasteiger partial charge is 0.165 e. The molecule has 1 unspecified atom stereocenters. The van der Waals surface area contributed by atoms with Crippen LogP contribution in [0.3, 0.4) is 0 Å². The first kappa shape index (κ1) is 12.7. The van der Waals surface area contributed by atoms with Gasteiger partial charge >= 0.3 is 0 Å². The lowest BCUT2D eigenvalue weighted by Gasteiger charge is -2.22. The summed E-state index contributed by atoms with van der Waals surface area (Å²) in [4.78, 5) is 2.31. The van der Waals surface area contributed by atoms with Crippen LogP contribution in [0.4, 0.5) is 4.39 Å². The predicted molar refractivity (Wildman–Crippen MR) is 67.1 cm³/mol. The SMILES string of the molecule is COc1ccc(CN2CCCC2CCl)cc1F. The Morgan fingerprint density at radius 3 is 3.00 bits per heavy atom. The van der Waals surface area contributed by atoms with Crippen molar-refractivity contribution in [1.82, 2.24) is 4.90 Å². The summed E-state index contributed by atoms with van der Waals surface area (Å²) < 4.78 is 18.4. The van der Waals surface area contributed by atoms with E-state index in [-0.39, 0.29) is 5.82 Å². The Bertz CT molecular complexity index is 386. The fraction of sp³-hybridized carbons (Fsp3) is 0.538. The molecule has 1 aromatic carbocycles. The molecule has 1 fully saturated rings. The number of likely N-dealkylation sites (tertiary alicyclic amines) is 1. The third-order valence-electron chi connectivity index (χ3n) is 3.28. The third kappa shape index (κ3) is 2.90. The molecule has 1 aliphatic heterocycles. The van der Waals surface area contributed by atoms with Crippen LogP contribution in [0.5, 0.6) is 5.75 Å². The predicted octanol–water partition coefficient (Wildman–Crippen LogP) is 3.04. The number of hydrogen-bond acceptors (Lipinski definition) is 2. The van der Waals surface area contributed by atoms with Gasteiger partial charge in [-0.3, -0.25) is 4.90 Å². The molecule has 1 atom stereocenters. The molecule has 0 aliphatic carbocycles. The molecule has 0 N–H and O–H groups in total. The molecule has 1 heterocycles. The van der Waals surface area contributed by atoms with Gasteiger partial charge < -0.3 is 4.74 Å². The zero-order valence-corrected chi connectivity index (χ0v) is 10.7. The minimum Gasteiger partial charge on any atom is -0.494 e. The van der Waals surface area contributed by atoms with E-state index in [0.717, 1.165) is 25.1 Å². The van der Waals surface area contributed by atoms with Crippen LogP contribution in [0.25, 0.3) is 0 Å². The number of hydrogen-bond donors (Lipinski definition) is 0. The van der Waals surface area contributed by atoms with Crippen molar-refractivity contribution in [2.24, 2.45) is 0 Å². The van der Waals surface area contributed by atoms with Gasteiger partial charge in [-0.05, 0) is 37.1 Å². The summed E-state index contributed by atoms with van der Waals surface area (Å²) in [6, 6.07) is 5.56. The Morgan fingerprint density at radius 2 is 2.35 bits per heavy atom. The largest absolute Gasteiger partial charge is 0.494 e. The number of benzene rings is 1. The number of alkyl halides is 1. The quantitative estimate of drug-likeness (QED) is 0.769. The number of rotatable bonds is 4. The molecule has 94 valence electrons. The van der Waals surface area contributed by atoms with E-state index in [1.54, 1.807) is 12.1 Å². The van der Waals surface area contributed by atoms with Crippen LogP contribution < -0.4 is 4.74 Å². The van der Waals surface area contributed by atoms with E-state index in [4.69, 9.17) is 16.3 Å². The summed E-state index contributed by atoms with van der Waals surface area (Å²) in [6.45, 7) is 1.81. The van der Waals surface area contributed by atoms with E-state index < -0.39 is 0 Å². The van der Waals surface area contributed by atoms with E-state index in [9.17, 15) is 4.39 Å². The van der Waals surface area contributed by atoms with Crippen LogP contribution in [0.15, 0.2) is 18.2 Å². The van der Waals surface area contributed by atoms with Gasteiger partial charge in [0, 0.05) is 18.5 Å². The Labute approximate surface area is 106 Å². The molecule has 0 bridgehead atoms. The van der Waals surface area contributed by atoms with Crippen LogP contribution in [0.1, 0.15) is 18.4 Å². The van der Waals surface area contributed by atoms with Gasteiger partial charge in [-0.2, -0.15) is 0 Å². The Kier molecular flexibility index (Phi) is 4.24. The van der Waals surface area contributed by atoms with Crippen LogP contribution >= 0.6 is 11.6 Å². The maximum absolute atomic E-state index is 13.5. The zero-order chi connectivity index (χ0) is 12.3. The molecule has 0 radical (unpaired) electrons. The summed E-state index contributed by atoms with van der Waals surface area (Å²) in [5, 5.41) is 0. The maximum atomic E-state index is 13.5. The molecule has 17 heavy (non-hydrogen) atoms. The molecule has 0 amide bonds. The first-order chi connectivity index (χ1) is 8.24. The third-order valence-corrected chi connectivity index (χ3v) is 3.64. The van der Waals surface area contributed by atoms with Gasteiger partial charge in [-0.15, -0.1) is 11.6 Å². The van der Waals surface area contributed by atoms with Gasteiger partial charge in [0.2, 0.25) is 0 Å². The number of nitrogens with zero attached hydrogens (tertiary/aromatic N) is 1. The fourth-order valence-electron chi connectivity index (χ4n) is 2.32. The summed E-state index contributed by atoms with van der Waals surface area (Å²) in [5.41, 5.74) is 0.973. The first-order valence-electron chi connectivity index (χ1n) is 5.87. The Balaban J connectivity index is 2.05. The summed E-state index contributed by atoms with van der Waals surface area (Å²) in [6.07, 6.45) is 2.32. The van der Waals surface area contributed by atoms with Crippen LogP contribution in [-0.4, -0.2) is 30.5 Å². The molecule has 2 rings (SSSR count). The Morgan fingerprint density at radius 1 is 1.53 bits per heavy atom. The highest BCUT2D eigenvalue weighted by atomic mass is 35.5. The van der Waals surface area contributed by atoms with Crippen molar-refractivity contribution in [2.45, 2.75) is 25.4 Å². The van der Waals surface area contributed by atoms with Crippen molar-refractivity contribution >= 4 is 11.6 Å². The van der Waals surface area contributed by atoms with E-state index in [1.807, 2.05) is 6.07 Å². The highest BCUT2D eigenvalue weighted by Gasteiger charge is 2.23. The average molecular weight is 258 g/mol. The van der Waals surface area contributed by atoms with Gasteiger partial charge in [0.05, 0.1) is 7.11 Å². The fourth-order valence-corrected chi connectivity index (χ4v) is 2.67. The van der Waals surface area contributed by atoms with Crippen molar-refractivity contribution in [3.05, 3.63) is 29.6 Å². The van der Waals surface area contributed by atoms with E-state index in [0.29, 0.717) is 17.7 Å². The van der Waals surface area contributed by atoms with Gasteiger partial charge in [-0.25, -0.2) is 4.39 Å². The van der Waals surface area contributed by atoms with E-state index in [2.05, 4.69) is 4.90 Å². The van der Waals surface area contributed by atoms with Crippen molar-refractivity contribution in [3.8, 4) is 5.75 Å². The standard InChI is InChI=1S/C13H17ClFNO/c1-17-13-5-4-10(7-12(13)15)9-16-6-2-3-11(16)8-14/h4-5,7,11H,2-3,6,8-9H2,1H3. The monoisotopic (exact) mass is 257 g/mol. The molecule has 4 heteroatoms. The summed E-state index contributed by atoms with van der Waals surface area (Å²) in [7, 11) is 1.47. The van der Waals surface area contributed by atoms with Crippen molar-refractivity contribution < 1.29 is 9.13 Å². The second-order valence-electron chi connectivity index (χ2n) is 4.39. The second kappa shape index (κ2) is 5.69. The topological polar surface area (TPSA) is 12.5 Å². The average Bonchev–Trinajstić information content (AvgIpc) is 2.76. The maximum Gasteiger partial charge on any atom is 0.165 e. The van der Waals surface area contributed by atoms with E-state index >= 15 is 0 Å². The van der Waals surface area contributed by atoms with E-state index in [1.165, 1.54) is 13.5 Å². The molecule has 1 aromatic rings. The second-order valence-corrected chi connectivity index (χ2v) is 4.70. The molecular weight excluding hydrogens is 241 g/mol. The molecular formula is C13H17ClFNO. The van der Waals surface area contributed by atoms with Gasteiger partial charge in [0.15, 0.2) is 11.6 Å². The normalized spacial score (nSPS) is 20.8. The highest BCUT2D eigenvalue weighted by molar-refractivity contribution is 6.18. The van der Waals surface area contributed by atoms with Gasteiger partial charge in [-0.1, -0.05) is 6.07 Å². The first-order valence-corrected chi connectivity index (χ1v) is 6.40. The molecule has 0 spiro atoms. The molecule has 1 aliphatic rings. The number of halogens is 2. The van der Waals surface area contributed by atoms with Crippen molar-refractivity contribution in [1.29, 1.82) is 0 Å². The minimum atomic E-state index is -0.299. The summed E-state index contributed by atoms with van der Waals surface area (Å²) in [5.74, 6) is 0.647. The summed E-state index contributed by atoms with van der Waals surface area (Å²) >= 11 is 5.91. The van der Waals surface area contributed by atoms with Gasteiger partial charge in [0.25, 0.3) is 0 Å². The van der Waals surface area contributed by atoms with Crippen LogP contribution in [0.2, 0.25) is 0 Å². The molecule has 2 nitrogen and oxygen atoms in total. The van der Waals surface area contributed by atoms with Crippen molar-refractivity contribution in [2.75, 3.05) is 19.5 Å². The van der Waals surface area contributed by atoms with Crippen molar-refractivity contribution in [3.63, 3.8) is 0 Å². The van der Waals surface area contributed by atoms with Crippen LogP contribution in [-0.2, 0) is 6.54 Å². The molecule has 1 saturated heterocycles. The minimum absolute atomic E-state index is 0.295. The molecule has 0 saturated carbocycles.